The van der Waals surface area contributed by atoms with E-state index >= 15 is 0 Å². The van der Waals surface area contributed by atoms with E-state index in [9.17, 15) is 5.11 Å². The molecule has 0 aromatic heterocycles. The van der Waals surface area contributed by atoms with E-state index in [1.807, 2.05) is 6.07 Å². The molecule has 1 aromatic rings. The fraction of sp³-hybridized carbons (Fsp3) is 0.625. The van der Waals surface area contributed by atoms with Crippen LogP contribution in [-0.2, 0) is 16.6 Å². The number of fused-ring (bicyclic) bond motifs is 4. The molecule has 3 heteroatoms. The second kappa shape index (κ2) is 4.22. The lowest BCUT2D eigenvalue weighted by Crippen LogP contribution is -2.56. The van der Waals surface area contributed by atoms with Crippen LogP contribution >= 0.6 is 0 Å². The number of phenolic OH excluding ortho intramolecular Hbond substituents is 1. The van der Waals surface area contributed by atoms with E-state index in [0.29, 0.717) is 5.75 Å². The Bertz CT molecular complexity index is 502. The number of hydrogen-bond acceptors (Lipinski definition) is 3. The Morgan fingerprint density at radius 1 is 1.47 bits per heavy atom. The highest BCUT2D eigenvalue weighted by Crippen LogP contribution is 2.54. The monoisotopic (exact) mass is 261 g/mol. The number of benzene rings is 1. The van der Waals surface area contributed by atoms with Gasteiger partial charge in [-0.05, 0) is 54.4 Å². The average Bonchev–Trinajstić information content (AvgIpc) is 2.36. The third-order valence-corrected chi connectivity index (χ3v) is 5.25. The number of nitrogens with two attached hydrogens (primary N) is 1. The molecule has 19 heavy (non-hydrogen) atoms. The van der Waals surface area contributed by atoms with Crippen LogP contribution in [0.2, 0.25) is 0 Å². The molecule has 1 saturated carbocycles. The fourth-order valence-electron chi connectivity index (χ4n) is 4.36. The molecule has 2 aliphatic rings. The molecule has 3 rings (SSSR count). The number of aromatic hydroxyl groups is 1. The van der Waals surface area contributed by atoms with E-state index in [4.69, 9.17) is 10.5 Å². The van der Waals surface area contributed by atoms with Gasteiger partial charge < -0.3 is 15.6 Å². The molecule has 1 fully saturated rings. The zero-order valence-corrected chi connectivity index (χ0v) is 11.8. The van der Waals surface area contributed by atoms with Gasteiger partial charge in [0.05, 0.1) is 6.61 Å². The smallest absolute Gasteiger partial charge is 0.115 e. The predicted octanol–water partition coefficient (Wildman–Crippen LogP) is 2.35. The van der Waals surface area contributed by atoms with Crippen LogP contribution in [0.1, 0.15) is 37.3 Å². The molecule has 0 aliphatic heterocycles. The van der Waals surface area contributed by atoms with Crippen molar-refractivity contribution in [2.75, 3.05) is 13.7 Å². The zero-order valence-electron chi connectivity index (χ0n) is 11.8. The number of methoxy groups -OCH3 is 1. The van der Waals surface area contributed by atoms with Crippen LogP contribution in [-0.4, -0.2) is 24.9 Å². The third kappa shape index (κ3) is 1.87. The van der Waals surface area contributed by atoms with E-state index in [0.717, 1.165) is 32.3 Å². The van der Waals surface area contributed by atoms with Crippen LogP contribution in [0.3, 0.4) is 0 Å². The summed E-state index contributed by atoms with van der Waals surface area (Å²) < 4.78 is 5.48. The topological polar surface area (TPSA) is 55.5 Å². The summed E-state index contributed by atoms with van der Waals surface area (Å²) in [4.78, 5) is 0. The number of phenols is 1. The summed E-state index contributed by atoms with van der Waals surface area (Å²) in [5.41, 5.74) is 9.25. The van der Waals surface area contributed by atoms with Gasteiger partial charge in [-0.15, -0.1) is 0 Å². The summed E-state index contributed by atoms with van der Waals surface area (Å²) in [5, 5.41) is 9.77. The van der Waals surface area contributed by atoms with Crippen molar-refractivity contribution in [1.82, 2.24) is 0 Å². The number of rotatable bonds is 2. The van der Waals surface area contributed by atoms with Crippen molar-refractivity contribution in [2.45, 2.75) is 44.1 Å². The van der Waals surface area contributed by atoms with Gasteiger partial charge in [0.1, 0.15) is 5.75 Å². The summed E-state index contributed by atoms with van der Waals surface area (Å²) >= 11 is 0. The predicted molar refractivity (Wildman–Crippen MR) is 75.3 cm³/mol. The Balaban J connectivity index is 2.11. The van der Waals surface area contributed by atoms with E-state index in [2.05, 4.69) is 13.0 Å². The van der Waals surface area contributed by atoms with Gasteiger partial charge in [0.2, 0.25) is 0 Å². The summed E-state index contributed by atoms with van der Waals surface area (Å²) in [6.45, 7) is 3.03. The molecule has 0 heterocycles. The van der Waals surface area contributed by atoms with E-state index in [1.54, 1.807) is 13.2 Å². The van der Waals surface area contributed by atoms with E-state index < -0.39 is 0 Å². The summed E-state index contributed by atoms with van der Waals surface area (Å²) in [6.07, 6.45) is 4.16. The van der Waals surface area contributed by atoms with E-state index in [1.165, 1.54) is 11.1 Å². The molecule has 0 saturated heterocycles. The maximum Gasteiger partial charge on any atom is 0.115 e. The lowest BCUT2D eigenvalue weighted by Gasteiger charge is -2.54. The molecule has 0 unspecified atom stereocenters. The Morgan fingerprint density at radius 2 is 2.26 bits per heavy atom. The average molecular weight is 261 g/mol. The Labute approximate surface area is 114 Å². The Morgan fingerprint density at radius 3 is 3.00 bits per heavy atom. The minimum atomic E-state index is 0.0612. The standard InChI is InChI=1S/C16H23NO2/c1-15-6-5-14(17)16(9-15,10-19-2)8-11-3-4-12(18)7-13(11)15/h3-4,7,14,18H,5-6,8-10,17H2,1-2H3/t14-,15+,16+/m1/s1. The van der Waals surface area contributed by atoms with Gasteiger partial charge in [-0.2, -0.15) is 0 Å². The van der Waals surface area contributed by atoms with Crippen molar-refractivity contribution in [2.24, 2.45) is 11.1 Å². The largest absolute Gasteiger partial charge is 0.508 e. The number of ether oxygens (including phenoxy) is 1. The summed E-state index contributed by atoms with van der Waals surface area (Å²) in [5.74, 6) is 0.370. The van der Waals surface area contributed by atoms with Crippen molar-refractivity contribution in [3.05, 3.63) is 29.3 Å². The molecule has 3 N–H and O–H groups in total. The molecule has 3 atom stereocenters. The molecule has 2 aliphatic carbocycles. The first-order valence-electron chi connectivity index (χ1n) is 7.06. The lowest BCUT2D eigenvalue weighted by molar-refractivity contribution is -0.00280. The zero-order chi connectivity index (χ0) is 13.7. The maximum absolute atomic E-state index is 9.77. The number of hydrogen-bond donors (Lipinski definition) is 2. The SMILES string of the molecule is COC[C@@]12Cc3ccc(O)cc3[C@@](C)(CC[C@H]1N)C2. The minimum absolute atomic E-state index is 0.0612. The Kier molecular flexibility index (Phi) is 2.88. The van der Waals surface area contributed by atoms with Gasteiger partial charge in [0, 0.05) is 18.6 Å². The van der Waals surface area contributed by atoms with Crippen LogP contribution in [0.15, 0.2) is 18.2 Å². The molecule has 0 spiro atoms. The van der Waals surface area contributed by atoms with Crippen molar-refractivity contribution >= 4 is 0 Å². The van der Waals surface area contributed by atoms with Crippen LogP contribution < -0.4 is 5.73 Å². The van der Waals surface area contributed by atoms with Crippen LogP contribution in [0.4, 0.5) is 0 Å². The third-order valence-electron chi connectivity index (χ3n) is 5.25. The highest BCUT2D eigenvalue weighted by atomic mass is 16.5. The normalized spacial score (nSPS) is 36.9. The van der Waals surface area contributed by atoms with Gasteiger partial charge in [-0.1, -0.05) is 13.0 Å². The second-order valence-corrected chi connectivity index (χ2v) is 6.70. The first-order valence-corrected chi connectivity index (χ1v) is 7.06. The fourth-order valence-corrected chi connectivity index (χ4v) is 4.36. The minimum Gasteiger partial charge on any atom is -0.508 e. The maximum atomic E-state index is 9.77. The van der Waals surface area contributed by atoms with Gasteiger partial charge in [0.15, 0.2) is 0 Å². The van der Waals surface area contributed by atoms with Gasteiger partial charge in [0.25, 0.3) is 0 Å². The van der Waals surface area contributed by atoms with Gasteiger partial charge in [-0.3, -0.25) is 0 Å². The highest BCUT2D eigenvalue weighted by molar-refractivity contribution is 5.44. The first-order chi connectivity index (χ1) is 8.99. The molecular formula is C16H23NO2. The van der Waals surface area contributed by atoms with Gasteiger partial charge >= 0.3 is 0 Å². The van der Waals surface area contributed by atoms with Crippen molar-refractivity contribution in [1.29, 1.82) is 0 Å². The molecular weight excluding hydrogens is 238 g/mol. The molecule has 3 nitrogen and oxygen atoms in total. The highest BCUT2D eigenvalue weighted by Gasteiger charge is 2.51. The molecule has 2 bridgehead atoms. The molecule has 0 radical (unpaired) electrons. The van der Waals surface area contributed by atoms with Crippen molar-refractivity contribution < 1.29 is 9.84 Å². The summed E-state index contributed by atoms with van der Waals surface area (Å²) in [6, 6.07) is 6.00. The van der Waals surface area contributed by atoms with Crippen molar-refractivity contribution in [3.8, 4) is 5.75 Å². The first kappa shape index (κ1) is 12.9. The second-order valence-electron chi connectivity index (χ2n) is 6.70. The molecule has 1 aromatic carbocycles. The van der Waals surface area contributed by atoms with Crippen LogP contribution in [0, 0.1) is 5.41 Å². The quantitative estimate of drug-likeness (QED) is 0.859. The van der Waals surface area contributed by atoms with Gasteiger partial charge in [-0.25, -0.2) is 0 Å². The van der Waals surface area contributed by atoms with Crippen LogP contribution in [0.5, 0.6) is 5.75 Å². The lowest BCUT2D eigenvalue weighted by atomic mass is 9.52. The Hall–Kier alpha value is -1.06. The molecule has 0 amide bonds. The van der Waals surface area contributed by atoms with Crippen molar-refractivity contribution in [3.63, 3.8) is 0 Å². The van der Waals surface area contributed by atoms with Crippen LogP contribution in [0.25, 0.3) is 0 Å². The molecule has 104 valence electrons. The summed E-state index contributed by atoms with van der Waals surface area (Å²) in [7, 11) is 1.76. The van der Waals surface area contributed by atoms with E-state index in [-0.39, 0.29) is 16.9 Å².